The van der Waals surface area contributed by atoms with Crippen molar-refractivity contribution in [3.05, 3.63) is 30.1 Å². The van der Waals surface area contributed by atoms with Gasteiger partial charge in [0.05, 0.1) is 6.10 Å². The number of rotatable bonds is 2. The Labute approximate surface area is 164 Å². The van der Waals surface area contributed by atoms with Gasteiger partial charge < -0.3 is 4.74 Å². The molecule has 4 saturated carbocycles. The number of halogens is 1. The third kappa shape index (κ3) is 2.93. The van der Waals surface area contributed by atoms with Gasteiger partial charge in [-0.05, 0) is 110 Å². The van der Waals surface area contributed by atoms with E-state index < -0.39 is 0 Å². The molecule has 1 nitrogen and oxygen atoms in total. The lowest BCUT2D eigenvalue weighted by Gasteiger charge is -2.59. The molecule has 0 N–H and O–H groups in total. The largest absolute Gasteiger partial charge is 0.490 e. The molecular weight excluding hydrogens is 335 g/mol. The quantitative estimate of drug-likeness (QED) is 0.544. The Morgan fingerprint density at radius 2 is 1.74 bits per heavy atom. The summed E-state index contributed by atoms with van der Waals surface area (Å²) in [7, 11) is 0. The van der Waals surface area contributed by atoms with Gasteiger partial charge in [-0.1, -0.05) is 26.7 Å². The molecule has 0 aromatic heterocycles. The summed E-state index contributed by atoms with van der Waals surface area (Å²) in [6.45, 7) is 5.19. The van der Waals surface area contributed by atoms with Crippen molar-refractivity contribution in [1.29, 1.82) is 0 Å². The van der Waals surface area contributed by atoms with Crippen LogP contribution in [0, 0.1) is 40.3 Å². The zero-order valence-electron chi connectivity index (χ0n) is 17.1. The molecule has 148 valence electrons. The molecule has 2 heteroatoms. The average molecular weight is 371 g/mol. The molecule has 5 rings (SSSR count). The Morgan fingerprint density at radius 3 is 2.56 bits per heavy atom. The average Bonchev–Trinajstić information content (AvgIpc) is 2.99. The van der Waals surface area contributed by atoms with Gasteiger partial charge in [-0.25, -0.2) is 4.39 Å². The van der Waals surface area contributed by atoms with E-state index in [1.165, 1.54) is 76.3 Å². The highest BCUT2D eigenvalue weighted by molar-refractivity contribution is 5.23. The van der Waals surface area contributed by atoms with Crippen molar-refractivity contribution >= 4 is 0 Å². The number of hydrogen-bond donors (Lipinski definition) is 0. The first kappa shape index (κ1) is 18.0. The van der Waals surface area contributed by atoms with Crippen LogP contribution in [0.25, 0.3) is 0 Å². The molecule has 1 aromatic rings. The summed E-state index contributed by atoms with van der Waals surface area (Å²) in [5.41, 5.74) is 1.06. The maximum Gasteiger partial charge on any atom is 0.123 e. The van der Waals surface area contributed by atoms with Crippen LogP contribution in [-0.2, 0) is 0 Å². The van der Waals surface area contributed by atoms with Gasteiger partial charge in [-0.2, -0.15) is 0 Å². The molecule has 0 bridgehead atoms. The van der Waals surface area contributed by atoms with Crippen molar-refractivity contribution < 1.29 is 9.13 Å². The van der Waals surface area contributed by atoms with E-state index in [4.69, 9.17) is 4.74 Å². The zero-order valence-corrected chi connectivity index (χ0v) is 17.1. The van der Waals surface area contributed by atoms with Crippen molar-refractivity contribution in [2.24, 2.45) is 34.5 Å². The fourth-order valence-corrected chi connectivity index (χ4v) is 8.08. The molecule has 0 radical (unpaired) electrons. The Hall–Kier alpha value is -1.05. The monoisotopic (exact) mass is 370 g/mol. The Bertz CT molecular complexity index is 684. The molecule has 27 heavy (non-hydrogen) atoms. The first-order valence-corrected chi connectivity index (χ1v) is 11.4. The van der Waals surface area contributed by atoms with Crippen LogP contribution in [0.2, 0.25) is 0 Å². The van der Waals surface area contributed by atoms with Crippen LogP contribution in [0.15, 0.2) is 24.3 Å². The van der Waals surface area contributed by atoms with E-state index in [1.54, 1.807) is 12.1 Å². The summed E-state index contributed by atoms with van der Waals surface area (Å²) in [6.07, 6.45) is 14.3. The second-order valence-electron chi connectivity index (χ2n) is 10.7. The van der Waals surface area contributed by atoms with Crippen molar-refractivity contribution in [3.63, 3.8) is 0 Å². The topological polar surface area (TPSA) is 9.23 Å². The third-order valence-electron chi connectivity index (χ3n) is 9.43. The SMILES string of the molecule is C[C@]12CC[C@@H]3[C@@H](CCC4CCCC[C@@]43C)[C@@H]1CC(Oc1ccc(F)cc1)C2. The molecule has 2 unspecified atom stereocenters. The van der Waals surface area contributed by atoms with Gasteiger partial charge in [0.1, 0.15) is 11.6 Å². The van der Waals surface area contributed by atoms with E-state index >= 15 is 0 Å². The van der Waals surface area contributed by atoms with Crippen LogP contribution >= 0.6 is 0 Å². The summed E-state index contributed by atoms with van der Waals surface area (Å²) in [5.74, 6) is 4.31. The van der Waals surface area contributed by atoms with Crippen LogP contribution in [0.4, 0.5) is 4.39 Å². The van der Waals surface area contributed by atoms with Gasteiger partial charge in [0.15, 0.2) is 0 Å². The van der Waals surface area contributed by atoms with E-state index in [0.717, 1.165) is 29.4 Å². The van der Waals surface area contributed by atoms with Crippen molar-refractivity contribution in [3.8, 4) is 5.75 Å². The second-order valence-corrected chi connectivity index (χ2v) is 10.7. The minimum atomic E-state index is -0.185. The fourth-order valence-electron chi connectivity index (χ4n) is 8.08. The summed E-state index contributed by atoms with van der Waals surface area (Å²) in [4.78, 5) is 0. The maximum absolute atomic E-state index is 13.2. The van der Waals surface area contributed by atoms with Crippen molar-refractivity contribution in [2.45, 2.75) is 84.2 Å². The van der Waals surface area contributed by atoms with Crippen LogP contribution in [-0.4, -0.2) is 6.10 Å². The normalized spacial score (nSPS) is 46.3. The molecule has 0 saturated heterocycles. The van der Waals surface area contributed by atoms with Crippen LogP contribution in [0.1, 0.15) is 78.1 Å². The number of fused-ring (bicyclic) bond motifs is 5. The molecule has 0 heterocycles. The lowest BCUT2D eigenvalue weighted by atomic mass is 9.45. The summed E-state index contributed by atoms with van der Waals surface area (Å²) in [5, 5.41) is 0. The molecule has 0 aliphatic heterocycles. The van der Waals surface area contributed by atoms with Gasteiger partial charge in [0.25, 0.3) is 0 Å². The maximum atomic E-state index is 13.2. The summed E-state index contributed by atoms with van der Waals surface area (Å²) < 4.78 is 19.5. The zero-order chi connectivity index (χ0) is 18.6. The molecule has 0 spiro atoms. The van der Waals surface area contributed by atoms with Crippen molar-refractivity contribution in [2.75, 3.05) is 0 Å². The van der Waals surface area contributed by atoms with Crippen LogP contribution < -0.4 is 4.74 Å². The second kappa shape index (κ2) is 6.49. The van der Waals surface area contributed by atoms with Crippen LogP contribution in [0.3, 0.4) is 0 Å². The highest BCUT2D eigenvalue weighted by atomic mass is 19.1. The molecule has 7 atom stereocenters. The number of ether oxygens (including phenoxy) is 1. The smallest absolute Gasteiger partial charge is 0.123 e. The lowest BCUT2D eigenvalue weighted by Crippen LogP contribution is -2.51. The minimum absolute atomic E-state index is 0.185. The lowest BCUT2D eigenvalue weighted by molar-refractivity contribution is -0.103. The molecule has 0 amide bonds. The Balaban J connectivity index is 1.34. The molecule has 4 aliphatic rings. The first-order chi connectivity index (χ1) is 13.0. The predicted molar refractivity (Wildman–Crippen MR) is 107 cm³/mol. The predicted octanol–water partition coefficient (Wildman–Crippen LogP) is 7.01. The standard InChI is InChI=1S/C25H35FO/c1-24-14-12-22-21(11-6-17-5-3-4-13-25(17,22)2)23(24)15-20(16-24)27-19-9-7-18(26)8-10-19/h7-10,17,20-23H,3-6,11-16H2,1-2H3/t17?,20?,21-,22-,23+,24-,25+/m1/s1. The summed E-state index contributed by atoms with van der Waals surface area (Å²) >= 11 is 0. The number of benzene rings is 1. The van der Waals surface area contributed by atoms with Gasteiger partial charge in [-0.3, -0.25) is 0 Å². The Morgan fingerprint density at radius 1 is 0.926 bits per heavy atom. The summed E-state index contributed by atoms with van der Waals surface area (Å²) in [6, 6.07) is 6.61. The van der Waals surface area contributed by atoms with E-state index in [0.29, 0.717) is 16.9 Å². The van der Waals surface area contributed by atoms with E-state index in [9.17, 15) is 4.39 Å². The molecule has 1 aromatic carbocycles. The highest BCUT2D eigenvalue weighted by Gasteiger charge is 2.58. The minimum Gasteiger partial charge on any atom is -0.490 e. The molecular formula is C25H35FO. The van der Waals surface area contributed by atoms with E-state index in [2.05, 4.69) is 13.8 Å². The third-order valence-corrected chi connectivity index (χ3v) is 9.43. The van der Waals surface area contributed by atoms with Gasteiger partial charge in [-0.15, -0.1) is 0 Å². The molecule has 4 aliphatic carbocycles. The van der Waals surface area contributed by atoms with Gasteiger partial charge in [0.2, 0.25) is 0 Å². The Kier molecular flexibility index (Phi) is 4.33. The first-order valence-electron chi connectivity index (χ1n) is 11.4. The highest BCUT2D eigenvalue weighted by Crippen LogP contribution is 2.66. The van der Waals surface area contributed by atoms with Crippen LogP contribution in [0.5, 0.6) is 5.75 Å². The van der Waals surface area contributed by atoms with Gasteiger partial charge >= 0.3 is 0 Å². The molecule has 4 fully saturated rings. The number of hydrogen-bond acceptors (Lipinski definition) is 1. The van der Waals surface area contributed by atoms with E-state index in [-0.39, 0.29) is 5.82 Å². The fraction of sp³-hybridized carbons (Fsp3) is 0.760. The van der Waals surface area contributed by atoms with Gasteiger partial charge in [0, 0.05) is 0 Å². The van der Waals surface area contributed by atoms with Crippen molar-refractivity contribution in [1.82, 2.24) is 0 Å². The van der Waals surface area contributed by atoms with E-state index in [1.807, 2.05) is 0 Å².